The summed E-state index contributed by atoms with van der Waals surface area (Å²) in [5.41, 5.74) is 1.28. The molecule has 0 unspecified atom stereocenters. The minimum atomic E-state index is -4.02. The standard InChI is InChI=1S/C24H23Cl3N2O3S2/c25-19-13-20(26)15-21(14-19)29(34(31,32)22-8-2-1-3-9-22)16-24(30)28-11-6-12-33-17-18-7-4-5-10-23(18)27/h1-5,7-10,13-15H,6,11-12,16-17H2,(H,28,30). The maximum atomic E-state index is 13.3. The van der Waals surface area contributed by atoms with Gasteiger partial charge in [-0.1, -0.05) is 71.2 Å². The fourth-order valence-corrected chi connectivity index (χ4v) is 6.29. The first-order valence-electron chi connectivity index (χ1n) is 10.4. The van der Waals surface area contributed by atoms with Crippen LogP contribution in [0.2, 0.25) is 15.1 Å². The number of nitrogens with zero attached hydrogens (tertiary/aromatic N) is 1. The van der Waals surface area contributed by atoms with Crippen LogP contribution in [0.5, 0.6) is 0 Å². The van der Waals surface area contributed by atoms with Crippen LogP contribution in [-0.4, -0.2) is 33.2 Å². The van der Waals surface area contributed by atoms with E-state index < -0.39 is 22.5 Å². The number of sulfonamides is 1. The van der Waals surface area contributed by atoms with Gasteiger partial charge in [0.25, 0.3) is 10.0 Å². The quantitative estimate of drug-likeness (QED) is 0.282. The Hall–Kier alpha value is -1.90. The summed E-state index contributed by atoms with van der Waals surface area (Å²) in [7, 11) is -4.02. The molecule has 0 aromatic heterocycles. The lowest BCUT2D eigenvalue weighted by Gasteiger charge is -2.24. The van der Waals surface area contributed by atoms with E-state index in [1.807, 2.05) is 24.3 Å². The monoisotopic (exact) mass is 556 g/mol. The number of halogens is 3. The molecule has 3 rings (SSSR count). The highest BCUT2D eigenvalue weighted by Crippen LogP contribution is 2.29. The van der Waals surface area contributed by atoms with Crippen LogP contribution in [0, 0.1) is 0 Å². The molecule has 1 amide bonds. The minimum absolute atomic E-state index is 0.0647. The molecule has 0 radical (unpaired) electrons. The number of benzene rings is 3. The van der Waals surface area contributed by atoms with Crippen molar-refractivity contribution >= 4 is 68.2 Å². The lowest BCUT2D eigenvalue weighted by Crippen LogP contribution is -2.41. The zero-order valence-electron chi connectivity index (χ0n) is 18.1. The van der Waals surface area contributed by atoms with Gasteiger partial charge < -0.3 is 5.32 Å². The molecule has 3 aromatic carbocycles. The Morgan fingerprint density at radius 3 is 2.24 bits per heavy atom. The first kappa shape index (κ1) is 26.7. The Kier molecular flexibility index (Phi) is 9.97. The summed E-state index contributed by atoms with van der Waals surface area (Å²) in [6, 6.07) is 20.0. The lowest BCUT2D eigenvalue weighted by atomic mass is 10.2. The van der Waals surface area contributed by atoms with Gasteiger partial charge in [0.05, 0.1) is 10.6 Å². The maximum absolute atomic E-state index is 13.3. The average molecular weight is 558 g/mol. The van der Waals surface area contributed by atoms with Gasteiger partial charge in [0.1, 0.15) is 6.54 Å². The fourth-order valence-electron chi connectivity index (χ4n) is 3.10. The first-order valence-corrected chi connectivity index (χ1v) is 14.1. The Balaban J connectivity index is 1.61. The molecule has 5 nitrogen and oxygen atoms in total. The summed E-state index contributed by atoms with van der Waals surface area (Å²) in [5.74, 6) is 1.18. The first-order chi connectivity index (χ1) is 16.3. The van der Waals surface area contributed by atoms with Crippen molar-refractivity contribution in [3.8, 4) is 0 Å². The van der Waals surface area contributed by atoms with E-state index in [9.17, 15) is 13.2 Å². The molecule has 180 valence electrons. The van der Waals surface area contributed by atoms with Crippen molar-refractivity contribution in [2.24, 2.45) is 0 Å². The Morgan fingerprint density at radius 1 is 0.912 bits per heavy atom. The van der Waals surface area contributed by atoms with Gasteiger partial charge in [-0.25, -0.2) is 8.42 Å². The zero-order chi connectivity index (χ0) is 24.6. The van der Waals surface area contributed by atoms with Crippen LogP contribution >= 0.6 is 46.6 Å². The number of rotatable bonds is 11. The highest BCUT2D eigenvalue weighted by molar-refractivity contribution is 7.98. The van der Waals surface area contributed by atoms with Gasteiger partial charge >= 0.3 is 0 Å². The van der Waals surface area contributed by atoms with E-state index in [0.717, 1.165) is 32.8 Å². The number of nitrogens with one attached hydrogen (secondary N) is 1. The molecule has 0 saturated carbocycles. The summed E-state index contributed by atoms with van der Waals surface area (Å²) < 4.78 is 27.6. The van der Waals surface area contributed by atoms with Crippen LogP contribution < -0.4 is 9.62 Å². The Bertz CT molecular complexity index is 1200. The highest BCUT2D eigenvalue weighted by Gasteiger charge is 2.27. The van der Waals surface area contributed by atoms with Crippen LogP contribution in [-0.2, 0) is 20.6 Å². The van der Waals surface area contributed by atoms with Gasteiger partial charge in [0.2, 0.25) is 5.91 Å². The summed E-state index contributed by atoms with van der Waals surface area (Å²) >= 11 is 20.1. The van der Waals surface area contributed by atoms with Crippen molar-refractivity contribution in [2.75, 3.05) is 23.1 Å². The van der Waals surface area contributed by atoms with Gasteiger partial charge in [0.15, 0.2) is 0 Å². The molecule has 1 N–H and O–H groups in total. The molecule has 0 saturated heterocycles. The number of hydrogen-bond donors (Lipinski definition) is 1. The van der Waals surface area contributed by atoms with Crippen LogP contribution in [0.15, 0.2) is 77.7 Å². The highest BCUT2D eigenvalue weighted by atomic mass is 35.5. The third kappa shape index (κ3) is 7.55. The van der Waals surface area contributed by atoms with Crippen molar-refractivity contribution in [3.05, 3.63) is 93.4 Å². The van der Waals surface area contributed by atoms with E-state index in [1.54, 1.807) is 30.0 Å². The average Bonchev–Trinajstić information content (AvgIpc) is 2.80. The van der Waals surface area contributed by atoms with Crippen molar-refractivity contribution < 1.29 is 13.2 Å². The Labute approximate surface area is 219 Å². The predicted octanol–water partition coefficient (Wildman–Crippen LogP) is 6.28. The predicted molar refractivity (Wildman–Crippen MR) is 143 cm³/mol. The molecular formula is C24H23Cl3N2O3S2. The van der Waals surface area contributed by atoms with Gasteiger partial charge in [0, 0.05) is 27.4 Å². The smallest absolute Gasteiger partial charge is 0.264 e. The third-order valence-corrected chi connectivity index (χ3v) is 8.44. The molecule has 0 spiro atoms. The van der Waals surface area contributed by atoms with Crippen LogP contribution in [0.3, 0.4) is 0 Å². The number of hydrogen-bond acceptors (Lipinski definition) is 4. The molecule has 3 aromatic rings. The maximum Gasteiger partial charge on any atom is 0.264 e. The van der Waals surface area contributed by atoms with Gasteiger partial charge in [-0.3, -0.25) is 9.10 Å². The molecule has 10 heteroatoms. The molecule has 0 aliphatic carbocycles. The number of carbonyl (C=O) groups excluding carboxylic acids is 1. The number of amides is 1. The molecule has 0 aliphatic rings. The molecule has 0 atom stereocenters. The van der Waals surface area contributed by atoms with Crippen molar-refractivity contribution in [3.63, 3.8) is 0 Å². The largest absolute Gasteiger partial charge is 0.354 e. The normalized spacial score (nSPS) is 11.3. The molecule has 0 aliphatic heterocycles. The van der Waals surface area contributed by atoms with Crippen LogP contribution in [0.1, 0.15) is 12.0 Å². The summed E-state index contributed by atoms with van der Waals surface area (Å²) in [4.78, 5) is 12.7. The number of carbonyl (C=O) groups is 1. The van der Waals surface area contributed by atoms with Crippen LogP contribution in [0.25, 0.3) is 0 Å². The summed E-state index contributed by atoms with van der Waals surface area (Å²) in [6.45, 7) is 0.0184. The topological polar surface area (TPSA) is 66.5 Å². The van der Waals surface area contributed by atoms with Gasteiger partial charge in [-0.15, -0.1) is 0 Å². The van der Waals surface area contributed by atoms with Crippen molar-refractivity contribution in [1.82, 2.24) is 5.32 Å². The van der Waals surface area contributed by atoms with E-state index in [-0.39, 0.29) is 20.6 Å². The summed E-state index contributed by atoms with van der Waals surface area (Å²) in [6.07, 6.45) is 0.731. The fraction of sp³-hybridized carbons (Fsp3) is 0.208. The second kappa shape index (κ2) is 12.7. The Morgan fingerprint density at radius 2 is 1.56 bits per heavy atom. The van der Waals surface area contributed by atoms with E-state index in [1.165, 1.54) is 30.3 Å². The molecule has 0 fully saturated rings. The molecule has 0 bridgehead atoms. The SMILES string of the molecule is O=C(CN(c1cc(Cl)cc(Cl)c1)S(=O)(=O)c1ccccc1)NCCCSCc1ccccc1Cl. The molecular weight excluding hydrogens is 535 g/mol. The van der Waals surface area contributed by atoms with E-state index in [2.05, 4.69) is 5.32 Å². The van der Waals surface area contributed by atoms with E-state index in [4.69, 9.17) is 34.8 Å². The van der Waals surface area contributed by atoms with Gasteiger partial charge in [-0.05, 0) is 54.1 Å². The van der Waals surface area contributed by atoms with Crippen molar-refractivity contribution in [1.29, 1.82) is 0 Å². The molecule has 34 heavy (non-hydrogen) atoms. The minimum Gasteiger partial charge on any atom is -0.354 e. The summed E-state index contributed by atoms with van der Waals surface area (Å²) in [5, 5.41) is 4.08. The zero-order valence-corrected chi connectivity index (χ0v) is 22.0. The van der Waals surface area contributed by atoms with E-state index >= 15 is 0 Å². The molecule has 0 heterocycles. The second-order valence-electron chi connectivity index (χ2n) is 7.30. The second-order valence-corrected chi connectivity index (χ2v) is 11.5. The number of anilines is 1. The van der Waals surface area contributed by atoms with Crippen molar-refractivity contribution in [2.45, 2.75) is 17.1 Å². The third-order valence-electron chi connectivity index (χ3n) is 4.76. The van der Waals surface area contributed by atoms with E-state index in [0.29, 0.717) is 6.54 Å². The van der Waals surface area contributed by atoms with Crippen LogP contribution in [0.4, 0.5) is 5.69 Å². The van der Waals surface area contributed by atoms with Gasteiger partial charge in [-0.2, -0.15) is 11.8 Å². The number of thioether (sulfide) groups is 1. The lowest BCUT2D eigenvalue weighted by molar-refractivity contribution is -0.119.